The first-order chi connectivity index (χ1) is 7.72. The molecular weight excluding hydrogens is 202 g/mol. The van der Waals surface area contributed by atoms with E-state index in [-0.39, 0.29) is 5.97 Å². The molecule has 2 rings (SSSR count). The molecule has 0 radical (unpaired) electrons. The Kier molecular flexibility index (Phi) is 2.77. The number of carbonyl (C=O) groups excluding carboxylic acids is 1. The molecule has 0 amide bonds. The molecule has 3 heteroatoms. The van der Waals surface area contributed by atoms with Gasteiger partial charge < -0.3 is 9.30 Å². The molecule has 0 saturated carbocycles. The van der Waals surface area contributed by atoms with Gasteiger partial charge in [0.15, 0.2) is 0 Å². The van der Waals surface area contributed by atoms with E-state index in [0.717, 1.165) is 11.4 Å². The van der Waals surface area contributed by atoms with E-state index in [2.05, 4.69) is 4.74 Å². The van der Waals surface area contributed by atoms with Crippen molar-refractivity contribution in [2.75, 3.05) is 7.11 Å². The maximum atomic E-state index is 11.4. The minimum absolute atomic E-state index is 0.308. The van der Waals surface area contributed by atoms with Crippen LogP contribution in [0.5, 0.6) is 0 Å². The van der Waals surface area contributed by atoms with E-state index < -0.39 is 0 Å². The molecule has 1 heterocycles. The summed E-state index contributed by atoms with van der Waals surface area (Å²) in [7, 11) is 1.39. The third-order valence-electron chi connectivity index (χ3n) is 2.47. The minimum Gasteiger partial charge on any atom is -0.465 e. The van der Waals surface area contributed by atoms with E-state index >= 15 is 0 Å². The summed E-state index contributed by atoms with van der Waals surface area (Å²) >= 11 is 0. The quantitative estimate of drug-likeness (QED) is 0.721. The first-order valence-electron chi connectivity index (χ1n) is 5.05. The largest absolute Gasteiger partial charge is 0.465 e. The molecule has 0 aliphatic rings. The lowest BCUT2D eigenvalue weighted by Gasteiger charge is -2.04. The number of hydrogen-bond donors (Lipinski definition) is 0. The molecule has 0 N–H and O–H groups in total. The Bertz CT molecular complexity index is 500. The number of aromatic nitrogens is 1. The lowest BCUT2D eigenvalue weighted by Crippen LogP contribution is -1.99. The van der Waals surface area contributed by atoms with Gasteiger partial charge in [0.1, 0.15) is 0 Å². The maximum Gasteiger partial charge on any atom is 0.339 e. The smallest absolute Gasteiger partial charge is 0.339 e. The Balaban J connectivity index is 2.44. The van der Waals surface area contributed by atoms with Crippen LogP contribution in [0.2, 0.25) is 0 Å². The zero-order chi connectivity index (χ0) is 11.5. The summed E-state index contributed by atoms with van der Waals surface area (Å²) in [6, 6.07) is 11.7. The zero-order valence-corrected chi connectivity index (χ0v) is 9.31. The van der Waals surface area contributed by atoms with Crippen LogP contribution in [-0.4, -0.2) is 17.6 Å². The van der Waals surface area contributed by atoms with Gasteiger partial charge in [0.25, 0.3) is 0 Å². The Morgan fingerprint density at radius 3 is 2.56 bits per heavy atom. The van der Waals surface area contributed by atoms with E-state index in [1.165, 1.54) is 7.11 Å². The van der Waals surface area contributed by atoms with Gasteiger partial charge in [0.05, 0.1) is 12.7 Å². The first-order valence-corrected chi connectivity index (χ1v) is 5.05. The fourth-order valence-corrected chi connectivity index (χ4v) is 1.67. The number of ether oxygens (including phenoxy) is 1. The second-order valence-corrected chi connectivity index (χ2v) is 3.57. The monoisotopic (exact) mass is 215 g/mol. The molecule has 0 bridgehead atoms. The van der Waals surface area contributed by atoms with Crippen LogP contribution in [0.15, 0.2) is 42.6 Å². The van der Waals surface area contributed by atoms with Gasteiger partial charge in [-0.3, -0.25) is 0 Å². The normalized spacial score (nSPS) is 10.1. The highest BCUT2D eigenvalue weighted by atomic mass is 16.5. The van der Waals surface area contributed by atoms with Gasteiger partial charge in [-0.15, -0.1) is 0 Å². The molecule has 1 aromatic heterocycles. The Morgan fingerprint density at radius 1 is 1.25 bits per heavy atom. The van der Waals surface area contributed by atoms with Crippen LogP contribution in [0, 0.1) is 6.92 Å². The van der Waals surface area contributed by atoms with Crippen molar-refractivity contribution in [3.05, 3.63) is 53.9 Å². The maximum absolute atomic E-state index is 11.4. The number of esters is 1. The number of aryl methyl sites for hydroxylation is 1. The second-order valence-electron chi connectivity index (χ2n) is 3.57. The third-order valence-corrected chi connectivity index (χ3v) is 2.47. The lowest BCUT2D eigenvalue weighted by molar-refractivity contribution is 0.0601. The number of para-hydroxylation sites is 1. The van der Waals surface area contributed by atoms with Crippen LogP contribution in [-0.2, 0) is 4.74 Å². The van der Waals surface area contributed by atoms with Crippen LogP contribution in [0.25, 0.3) is 5.69 Å². The number of methoxy groups -OCH3 is 1. The molecule has 16 heavy (non-hydrogen) atoms. The van der Waals surface area contributed by atoms with Crippen LogP contribution in [0.1, 0.15) is 16.1 Å². The van der Waals surface area contributed by atoms with Crippen LogP contribution in [0.4, 0.5) is 0 Å². The van der Waals surface area contributed by atoms with Crippen LogP contribution in [0.3, 0.4) is 0 Å². The van der Waals surface area contributed by atoms with E-state index in [4.69, 9.17) is 0 Å². The van der Waals surface area contributed by atoms with Crippen molar-refractivity contribution in [3.63, 3.8) is 0 Å². The number of carbonyl (C=O) groups is 1. The number of benzene rings is 1. The fourth-order valence-electron chi connectivity index (χ4n) is 1.67. The second kappa shape index (κ2) is 4.23. The Hall–Kier alpha value is -2.03. The Morgan fingerprint density at radius 2 is 1.94 bits per heavy atom. The Labute approximate surface area is 94.3 Å². The average Bonchev–Trinajstić information content (AvgIpc) is 2.71. The van der Waals surface area contributed by atoms with Gasteiger partial charge in [-0.2, -0.15) is 0 Å². The number of rotatable bonds is 2. The molecule has 0 saturated heterocycles. The third kappa shape index (κ3) is 1.84. The predicted molar refractivity (Wildman–Crippen MR) is 61.8 cm³/mol. The molecule has 0 atom stereocenters. The summed E-state index contributed by atoms with van der Waals surface area (Å²) in [5.41, 5.74) is 2.62. The van der Waals surface area contributed by atoms with Gasteiger partial charge in [-0.25, -0.2) is 4.79 Å². The molecule has 0 aliphatic heterocycles. The van der Waals surface area contributed by atoms with Crippen molar-refractivity contribution in [1.82, 2.24) is 4.57 Å². The van der Waals surface area contributed by atoms with E-state index in [1.54, 1.807) is 6.20 Å². The summed E-state index contributed by atoms with van der Waals surface area (Å²) in [5.74, 6) is -0.308. The number of nitrogens with zero attached hydrogens (tertiary/aromatic N) is 1. The first kappa shape index (κ1) is 10.5. The highest BCUT2D eigenvalue weighted by Crippen LogP contribution is 2.15. The molecule has 1 aromatic carbocycles. The van der Waals surface area contributed by atoms with Crippen molar-refractivity contribution in [1.29, 1.82) is 0 Å². The summed E-state index contributed by atoms with van der Waals surface area (Å²) in [6.45, 7) is 1.96. The summed E-state index contributed by atoms with van der Waals surface area (Å²) in [4.78, 5) is 11.4. The van der Waals surface area contributed by atoms with Crippen molar-refractivity contribution in [2.45, 2.75) is 6.92 Å². The molecule has 0 unspecified atom stereocenters. The van der Waals surface area contributed by atoms with Crippen LogP contribution >= 0.6 is 0 Å². The highest BCUT2D eigenvalue weighted by Gasteiger charge is 2.10. The summed E-state index contributed by atoms with van der Waals surface area (Å²) in [6.07, 6.45) is 1.79. The topological polar surface area (TPSA) is 31.2 Å². The average molecular weight is 215 g/mol. The minimum atomic E-state index is -0.308. The predicted octanol–water partition coefficient (Wildman–Crippen LogP) is 2.57. The van der Waals surface area contributed by atoms with Gasteiger partial charge in [0, 0.05) is 17.6 Å². The van der Waals surface area contributed by atoms with E-state index in [9.17, 15) is 4.79 Å². The van der Waals surface area contributed by atoms with Crippen molar-refractivity contribution in [2.24, 2.45) is 0 Å². The van der Waals surface area contributed by atoms with Gasteiger partial charge >= 0.3 is 5.97 Å². The van der Waals surface area contributed by atoms with E-state index in [0.29, 0.717) is 5.56 Å². The molecule has 0 spiro atoms. The molecule has 0 fully saturated rings. The SMILES string of the molecule is COC(=O)c1cc(C)n(-c2ccccc2)c1. The standard InChI is InChI=1S/C13H13NO2/c1-10-8-11(13(15)16-2)9-14(10)12-6-4-3-5-7-12/h3-9H,1-2H3. The van der Waals surface area contributed by atoms with Gasteiger partial charge in [0.2, 0.25) is 0 Å². The lowest BCUT2D eigenvalue weighted by atomic mass is 10.3. The highest BCUT2D eigenvalue weighted by molar-refractivity contribution is 5.89. The molecule has 0 aliphatic carbocycles. The number of hydrogen-bond acceptors (Lipinski definition) is 2. The van der Waals surface area contributed by atoms with Crippen molar-refractivity contribution >= 4 is 5.97 Å². The molecule has 2 aromatic rings. The summed E-state index contributed by atoms with van der Waals surface area (Å²) < 4.78 is 6.65. The van der Waals surface area contributed by atoms with Crippen LogP contribution < -0.4 is 0 Å². The summed E-state index contributed by atoms with van der Waals surface area (Å²) in [5, 5.41) is 0. The molecular formula is C13H13NO2. The van der Waals surface area contributed by atoms with Crippen molar-refractivity contribution < 1.29 is 9.53 Å². The van der Waals surface area contributed by atoms with Gasteiger partial charge in [-0.05, 0) is 25.1 Å². The zero-order valence-electron chi connectivity index (χ0n) is 9.31. The molecule has 3 nitrogen and oxygen atoms in total. The molecule has 82 valence electrons. The van der Waals surface area contributed by atoms with Gasteiger partial charge in [-0.1, -0.05) is 18.2 Å². The van der Waals surface area contributed by atoms with Crippen molar-refractivity contribution in [3.8, 4) is 5.69 Å². The van der Waals surface area contributed by atoms with E-state index in [1.807, 2.05) is 47.9 Å². The fraction of sp³-hybridized carbons (Fsp3) is 0.154.